The summed E-state index contributed by atoms with van der Waals surface area (Å²) in [6.07, 6.45) is 2.01. The van der Waals surface area contributed by atoms with Gasteiger partial charge in [-0.1, -0.05) is 93.6 Å². The molecule has 0 unspecified atom stereocenters. The second-order valence-corrected chi connectivity index (χ2v) is 10.7. The fraction of sp³-hybridized carbons (Fsp3) is 0.387. The molecule has 0 spiro atoms. The van der Waals surface area contributed by atoms with Gasteiger partial charge >= 0.3 is 0 Å². The largest absolute Gasteiger partial charge is 0.331 e. The summed E-state index contributed by atoms with van der Waals surface area (Å²) in [5.74, 6) is 0.152. The number of hydrogen-bond donors (Lipinski definition) is 0. The number of nitrogens with zero attached hydrogens (tertiary/aromatic N) is 2. The van der Waals surface area contributed by atoms with Crippen molar-refractivity contribution in [3.63, 3.8) is 0 Å². The highest BCUT2D eigenvalue weighted by atomic mass is 16.2. The van der Waals surface area contributed by atoms with Gasteiger partial charge in [-0.2, -0.15) is 0 Å². The van der Waals surface area contributed by atoms with Crippen LogP contribution in [0.4, 0.5) is 0 Å². The smallest absolute Gasteiger partial charge is 0.254 e. The van der Waals surface area contributed by atoms with E-state index in [0.717, 1.165) is 43.6 Å². The van der Waals surface area contributed by atoms with Gasteiger partial charge in [-0.15, -0.1) is 0 Å². The SMILES string of the molecule is Cc1ccccc1C(=O)N(Cc1ccc(C(C)(C)C)cc1)C1CCN(Cc2ccccc2)CC1. The number of hydrogen-bond acceptors (Lipinski definition) is 2. The van der Waals surface area contributed by atoms with E-state index in [-0.39, 0.29) is 17.4 Å². The summed E-state index contributed by atoms with van der Waals surface area (Å²) in [5, 5.41) is 0. The van der Waals surface area contributed by atoms with Crippen molar-refractivity contribution < 1.29 is 4.79 Å². The first-order valence-corrected chi connectivity index (χ1v) is 12.5. The van der Waals surface area contributed by atoms with Gasteiger partial charge in [0.2, 0.25) is 0 Å². The molecule has 3 heteroatoms. The molecule has 3 aromatic carbocycles. The molecule has 0 saturated carbocycles. The zero-order chi connectivity index (χ0) is 24.1. The van der Waals surface area contributed by atoms with E-state index in [2.05, 4.69) is 85.2 Å². The third kappa shape index (κ3) is 5.95. The van der Waals surface area contributed by atoms with E-state index >= 15 is 0 Å². The van der Waals surface area contributed by atoms with Gasteiger partial charge in [0.25, 0.3) is 5.91 Å². The Labute approximate surface area is 205 Å². The van der Waals surface area contributed by atoms with Crippen LogP contribution in [0.15, 0.2) is 78.9 Å². The first-order valence-electron chi connectivity index (χ1n) is 12.5. The van der Waals surface area contributed by atoms with Gasteiger partial charge in [-0.3, -0.25) is 9.69 Å². The van der Waals surface area contributed by atoms with Gasteiger partial charge in [0.05, 0.1) is 0 Å². The van der Waals surface area contributed by atoms with E-state index in [9.17, 15) is 4.79 Å². The Morgan fingerprint density at radius 1 is 0.853 bits per heavy atom. The van der Waals surface area contributed by atoms with E-state index in [4.69, 9.17) is 0 Å². The molecule has 178 valence electrons. The van der Waals surface area contributed by atoms with Gasteiger partial charge in [-0.25, -0.2) is 0 Å². The molecule has 3 nitrogen and oxygen atoms in total. The molecule has 0 N–H and O–H groups in total. The quantitative estimate of drug-likeness (QED) is 0.419. The molecule has 0 bridgehead atoms. The Bertz CT molecular complexity index is 1070. The van der Waals surface area contributed by atoms with Crippen LogP contribution in [0.25, 0.3) is 0 Å². The minimum absolute atomic E-state index is 0.126. The Hall–Kier alpha value is -2.91. The zero-order valence-electron chi connectivity index (χ0n) is 21.1. The number of amides is 1. The number of carbonyl (C=O) groups excluding carboxylic acids is 1. The summed E-state index contributed by atoms with van der Waals surface area (Å²) in [5.41, 5.74) is 5.86. The number of aryl methyl sites for hydroxylation is 1. The van der Waals surface area contributed by atoms with Gasteiger partial charge in [0, 0.05) is 37.8 Å². The third-order valence-corrected chi connectivity index (χ3v) is 7.06. The van der Waals surface area contributed by atoms with Crippen LogP contribution >= 0.6 is 0 Å². The molecule has 4 rings (SSSR count). The van der Waals surface area contributed by atoms with Crippen LogP contribution in [0.5, 0.6) is 0 Å². The van der Waals surface area contributed by atoms with Crippen LogP contribution in [0.2, 0.25) is 0 Å². The number of likely N-dealkylation sites (tertiary alicyclic amines) is 1. The van der Waals surface area contributed by atoms with Crippen LogP contribution in [-0.2, 0) is 18.5 Å². The number of rotatable bonds is 6. The molecule has 1 amide bonds. The summed E-state index contributed by atoms with van der Waals surface area (Å²) in [6.45, 7) is 12.4. The Morgan fingerprint density at radius 2 is 1.47 bits per heavy atom. The summed E-state index contributed by atoms with van der Waals surface area (Å²) in [6, 6.07) is 27.7. The maximum Gasteiger partial charge on any atom is 0.254 e. The lowest BCUT2D eigenvalue weighted by atomic mass is 9.86. The summed E-state index contributed by atoms with van der Waals surface area (Å²) >= 11 is 0. The molecule has 1 fully saturated rings. The molecular weight excluding hydrogens is 416 g/mol. The fourth-order valence-corrected chi connectivity index (χ4v) is 4.87. The fourth-order valence-electron chi connectivity index (χ4n) is 4.87. The monoisotopic (exact) mass is 454 g/mol. The molecule has 3 aromatic rings. The predicted molar refractivity (Wildman–Crippen MR) is 141 cm³/mol. The van der Waals surface area contributed by atoms with Crippen molar-refractivity contribution in [3.8, 4) is 0 Å². The second-order valence-electron chi connectivity index (χ2n) is 10.7. The van der Waals surface area contributed by atoms with Crippen molar-refractivity contribution in [3.05, 3.63) is 107 Å². The van der Waals surface area contributed by atoms with Gasteiger partial charge < -0.3 is 4.90 Å². The highest BCUT2D eigenvalue weighted by Crippen LogP contribution is 2.26. The number of piperidine rings is 1. The van der Waals surface area contributed by atoms with Crippen molar-refractivity contribution in [2.45, 2.75) is 65.1 Å². The molecule has 0 radical (unpaired) electrons. The molecule has 1 heterocycles. The van der Waals surface area contributed by atoms with Gasteiger partial charge in [-0.05, 0) is 53.5 Å². The Balaban J connectivity index is 1.51. The lowest BCUT2D eigenvalue weighted by Gasteiger charge is -2.39. The molecular formula is C31H38N2O. The van der Waals surface area contributed by atoms with E-state index in [0.29, 0.717) is 6.54 Å². The molecule has 1 aliphatic heterocycles. The minimum atomic E-state index is 0.126. The summed E-state index contributed by atoms with van der Waals surface area (Å²) < 4.78 is 0. The maximum atomic E-state index is 13.8. The van der Waals surface area contributed by atoms with Crippen molar-refractivity contribution in [1.82, 2.24) is 9.80 Å². The van der Waals surface area contributed by atoms with E-state index in [1.807, 2.05) is 31.2 Å². The Kier molecular flexibility index (Phi) is 7.53. The maximum absolute atomic E-state index is 13.8. The average molecular weight is 455 g/mol. The molecule has 1 aliphatic rings. The topological polar surface area (TPSA) is 23.6 Å². The third-order valence-electron chi connectivity index (χ3n) is 7.06. The minimum Gasteiger partial charge on any atom is -0.331 e. The predicted octanol–water partition coefficient (Wildman–Crippen LogP) is 6.60. The van der Waals surface area contributed by atoms with Crippen LogP contribution in [0.3, 0.4) is 0 Å². The Morgan fingerprint density at radius 3 is 2.09 bits per heavy atom. The van der Waals surface area contributed by atoms with Crippen LogP contribution in [0.1, 0.15) is 66.2 Å². The van der Waals surface area contributed by atoms with E-state index in [1.54, 1.807) is 0 Å². The van der Waals surface area contributed by atoms with Crippen LogP contribution in [0, 0.1) is 6.92 Å². The number of carbonyl (C=O) groups is 1. The lowest BCUT2D eigenvalue weighted by molar-refractivity contribution is 0.0542. The highest BCUT2D eigenvalue weighted by Gasteiger charge is 2.29. The highest BCUT2D eigenvalue weighted by molar-refractivity contribution is 5.95. The van der Waals surface area contributed by atoms with Gasteiger partial charge in [0.1, 0.15) is 0 Å². The summed E-state index contributed by atoms with van der Waals surface area (Å²) in [4.78, 5) is 18.4. The zero-order valence-corrected chi connectivity index (χ0v) is 21.1. The summed E-state index contributed by atoms with van der Waals surface area (Å²) in [7, 11) is 0. The lowest BCUT2D eigenvalue weighted by Crippen LogP contribution is -2.47. The van der Waals surface area contributed by atoms with Crippen LogP contribution < -0.4 is 0 Å². The molecule has 0 atom stereocenters. The van der Waals surface area contributed by atoms with Crippen molar-refractivity contribution in [1.29, 1.82) is 0 Å². The van der Waals surface area contributed by atoms with Crippen molar-refractivity contribution in [2.24, 2.45) is 0 Å². The molecule has 1 saturated heterocycles. The van der Waals surface area contributed by atoms with E-state index in [1.165, 1.54) is 16.7 Å². The number of benzene rings is 3. The molecule has 34 heavy (non-hydrogen) atoms. The first-order chi connectivity index (χ1) is 16.3. The van der Waals surface area contributed by atoms with Crippen molar-refractivity contribution in [2.75, 3.05) is 13.1 Å². The van der Waals surface area contributed by atoms with E-state index < -0.39 is 0 Å². The molecule has 0 aromatic heterocycles. The first kappa shape index (κ1) is 24.2. The second kappa shape index (κ2) is 10.6. The average Bonchev–Trinajstić information content (AvgIpc) is 2.83. The van der Waals surface area contributed by atoms with Gasteiger partial charge in [0.15, 0.2) is 0 Å². The normalized spacial score (nSPS) is 15.3. The standard InChI is InChI=1S/C31H38N2O/c1-24-10-8-9-13-29(24)30(34)33(23-26-14-16-27(17-15-26)31(2,3)4)28-18-20-32(21-19-28)22-25-11-6-5-7-12-25/h5-17,28H,18-23H2,1-4H3. The molecule has 0 aliphatic carbocycles. The van der Waals surface area contributed by atoms with Crippen LogP contribution in [-0.4, -0.2) is 34.8 Å². The van der Waals surface area contributed by atoms with Crippen molar-refractivity contribution >= 4 is 5.91 Å².